The van der Waals surface area contributed by atoms with Gasteiger partial charge in [0.2, 0.25) is 11.7 Å². The third-order valence-electron chi connectivity index (χ3n) is 4.44. The smallest absolute Gasteiger partial charge is 0.354 e. The Balaban J connectivity index is 1.40. The number of para-hydroxylation sites is 2. The molecule has 1 amide bonds. The van der Waals surface area contributed by atoms with E-state index in [4.69, 9.17) is 0 Å². The summed E-state index contributed by atoms with van der Waals surface area (Å²) in [5, 5.41) is 5.70. The van der Waals surface area contributed by atoms with Crippen LogP contribution in [-0.2, 0) is 23.9 Å². The molecule has 3 aromatic heterocycles. The highest BCUT2D eigenvalue weighted by Crippen LogP contribution is 2.31. The highest BCUT2D eigenvalue weighted by atomic mass is 32.1. The molecule has 1 aromatic carbocycles. The lowest BCUT2D eigenvalue weighted by molar-refractivity contribution is -0.147. The number of alkyl halides is 3. The Bertz CT molecular complexity index is 1190. The number of carbonyl (C=O) groups excluding carboxylic acids is 1. The second-order valence-corrected chi connectivity index (χ2v) is 8.86. The number of benzene rings is 1. The van der Waals surface area contributed by atoms with Crippen LogP contribution in [0, 0.1) is 6.92 Å². The Morgan fingerprint density at radius 2 is 1.97 bits per heavy atom. The molecule has 30 heavy (non-hydrogen) atoms. The zero-order chi connectivity index (χ0) is 21.3. The van der Waals surface area contributed by atoms with Crippen molar-refractivity contribution in [2.75, 3.05) is 6.54 Å². The first-order chi connectivity index (χ1) is 14.3. The predicted molar refractivity (Wildman–Crippen MR) is 112 cm³/mol. The zero-order valence-electron chi connectivity index (χ0n) is 15.9. The second kappa shape index (κ2) is 8.19. The van der Waals surface area contributed by atoms with Crippen molar-refractivity contribution in [1.29, 1.82) is 0 Å². The number of imidazole rings is 1. The Morgan fingerprint density at radius 1 is 1.17 bits per heavy atom. The topological polar surface area (TPSA) is 59.8 Å². The molecule has 0 atom stereocenters. The van der Waals surface area contributed by atoms with Gasteiger partial charge in [0.1, 0.15) is 6.54 Å². The summed E-state index contributed by atoms with van der Waals surface area (Å²) in [6, 6.07) is 10.2. The summed E-state index contributed by atoms with van der Waals surface area (Å²) in [5.41, 5.74) is 1.42. The molecule has 4 aromatic rings. The van der Waals surface area contributed by atoms with Crippen molar-refractivity contribution in [2.45, 2.75) is 26.1 Å². The van der Waals surface area contributed by atoms with E-state index in [1.165, 1.54) is 12.1 Å². The minimum absolute atomic E-state index is 0.209. The van der Waals surface area contributed by atoms with Gasteiger partial charge in [0, 0.05) is 16.8 Å². The maximum atomic E-state index is 13.3. The lowest BCUT2D eigenvalue weighted by Crippen LogP contribution is -2.30. The largest absolute Gasteiger partial charge is 0.449 e. The summed E-state index contributed by atoms with van der Waals surface area (Å²) in [6.07, 6.45) is -4.04. The number of nitrogens with one attached hydrogen (secondary N) is 1. The summed E-state index contributed by atoms with van der Waals surface area (Å²) < 4.78 is 40.9. The molecule has 5 nitrogen and oxygen atoms in total. The molecular weight excluding hydrogens is 433 g/mol. The number of aryl methyl sites for hydroxylation is 1. The SMILES string of the molecule is Cc1nc(-c2ccc(CCNC(=O)Cn3c(C(F)(F)F)nc4ccccc43)s2)cs1. The molecule has 0 aliphatic rings. The third-order valence-corrected chi connectivity index (χ3v) is 6.38. The molecule has 10 heteroatoms. The average molecular weight is 451 g/mol. The fraction of sp³-hybridized carbons (Fsp3) is 0.250. The maximum absolute atomic E-state index is 13.3. The molecular formula is C20H17F3N4OS2. The van der Waals surface area contributed by atoms with Crippen LogP contribution in [0.25, 0.3) is 21.6 Å². The molecule has 0 saturated carbocycles. The highest BCUT2D eigenvalue weighted by Gasteiger charge is 2.37. The molecule has 3 heterocycles. The molecule has 0 unspecified atom stereocenters. The van der Waals surface area contributed by atoms with Crippen LogP contribution in [0.4, 0.5) is 13.2 Å². The molecule has 1 N–H and O–H groups in total. The van der Waals surface area contributed by atoms with E-state index in [-0.39, 0.29) is 11.0 Å². The van der Waals surface area contributed by atoms with Gasteiger partial charge in [0.05, 0.1) is 26.6 Å². The van der Waals surface area contributed by atoms with Gasteiger partial charge < -0.3 is 9.88 Å². The Hall–Kier alpha value is -2.72. The molecule has 0 radical (unpaired) electrons. The number of thiophene rings is 1. The van der Waals surface area contributed by atoms with Gasteiger partial charge >= 0.3 is 6.18 Å². The van der Waals surface area contributed by atoms with Gasteiger partial charge in [-0.05, 0) is 37.6 Å². The van der Waals surface area contributed by atoms with E-state index in [0.29, 0.717) is 13.0 Å². The van der Waals surface area contributed by atoms with E-state index in [1.807, 2.05) is 24.4 Å². The number of thiazole rings is 1. The summed E-state index contributed by atoms with van der Waals surface area (Å²) in [6.45, 7) is 1.85. The maximum Gasteiger partial charge on any atom is 0.449 e. The summed E-state index contributed by atoms with van der Waals surface area (Å²) in [7, 11) is 0. The van der Waals surface area contributed by atoms with Crippen LogP contribution in [-0.4, -0.2) is 27.0 Å². The van der Waals surface area contributed by atoms with E-state index in [2.05, 4.69) is 15.3 Å². The van der Waals surface area contributed by atoms with E-state index < -0.39 is 24.5 Å². The van der Waals surface area contributed by atoms with Gasteiger partial charge in [-0.1, -0.05) is 12.1 Å². The summed E-state index contributed by atoms with van der Waals surface area (Å²) >= 11 is 3.18. The highest BCUT2D eigenvalue weighted by molar-refractivity contribution is 7.16. The van der Waals surface area contributed by atoms with Crippen LogP contribution in [0.2, 0.25) is 0 Å². The van der Waals surface area contributed by atoms with Crippen molar-refractivity contribution in [3.05, 3.63) is 57.5 Å². The van der Waals surface area contributed by atoms with Gasteiger partial charge in [-0.15, -0.1) is 22.7 Å². The number of nitrogens with zero attached hydrogens (tertiary/aromatic N) is 3. The van der Waals surface area contributed by atoms with Crippen LogP contribution in [0.3, 0.4) is 0 Å². The second-order valence-electron chi connectivity index (χ2n) is 6.63. The minimum Gasteiger partial charge on any atom is -0.354 e. The van der Waals surface area contributed by atoms with Gasteiger partial charge in [-0.3, -0.25) is 4.79 Å². The number of rotatable bonds is 6. The summed E-state index contributed by atoms with van der Waals surface area (Å²) in [5.74, 6) is -1.56. The molecule has 4 rings (SSSR count). The Labute approximate surface area is 178 Å². The molecule has 0 aliphatic carbocycles. The van der Waals surface area contributed by atoms with Crippen LogP contribution in [0.5, 0.6) is 0 Å². The predicted octanol–water partition coefficient (Wildman–Crippen LogP) is 4.91. The number of hydrogen-bond acceptors (Lipinski definition) is 5. The van der Waals surface area contributed by atoms with E-state index >= 15 is 0 Å². The normalized spacial score (nSPS) is 11.9. The fourth-order valence-corrected chi connectivity index (χ4v) is 4.76. The lowest BCUT2D eigenvalue weighted by atomic mass is 10.3. The monoisotopic (exact) mass is 450 g/mol. The van der Waals surface area contributed by atoms with Gasteiger partial charge in [0.15, 0.2) is 0 Å². The van der Waals surface area contributed by atoms with Crippen molar-refractivity contribution in [3.63, 3.8) is 0 Å². The van der Waals surface area contributed by atoms with Crippen molar-refractivity contribution < 1.29 is 18.0 Å². The Kier molecular flexibility index (Phi) is 5.61. The standard InChI is InChI=1S/C20H17F3N4OS2/c1-12-25-15(11-29-12)17-7-6-13(30-17)8-9-24-18(28)10-27-16-5-3-2-4-14(16)26-19(27)20(21,22)23/h2-7,11H,8-10H2,1H3,(H,24,28). The van der Waals surface area contributed by atoms with Crippen LogP contribution in [0.15, 0.2) is 41.8 Å². The first-order valence-corrected chi connectivity index (χ1v) is 10.8. The number of carbonyl (C=O) groups is 1. The number of amides is 1. The quantitative estimate of drug-likeness (QED) is 0.454. The number of aromatic nitrogens is 3. The number of halogens is 3. The fourth-order valence-electron chi connectivity index (χ4n) is 3.10. The van der Waals surface area contributed by atoms with Crippen LogP contribution >= 0.6 is 22.7 Å². The summed E-state index contributed by atoms with van der Waals surface area (Å²) in [4.78, 5) is 22.6. The molecule has 0 spiro atoms. The van der Waals surface area contributed by atoms with Crippen LogP contribution < -0.4 is 5.32 Å². The minimum atomic E-state index is -4.64. The zero-order valence-corrected chi connectivity index (χ0v) is 17.5. The molecule has 156 valence electrons. The van der Waals surface area contributed by atoms with Crippen LogP contribution in [0.1, 0.15) is 15.7 Å². The van der Waals surface area contributed by atoms with E-state index in [0.717, 1.165) is 25.0 Å². The molecule has 0 aliphatic heterocycles. The van der Waals surface area contributed by atoms with Gasteiger partial charge in [-0.2, -0.15) is 13.2 Å². The van der Waals surface area contributed by atoms with E-state index in [1.54, 1.807) is 34.8 Å². The van der Waals surface area contributed by atoms with Crippen molar-refractivity contribution >= 4 is 39.6 Å². The molecule has 0 bridgehead atoms. The van der Waals surface area contributed by atoms with E-state index in [9.17, 15) is 18.0 Å². The van der Waals surface area contributed by atoms with Crippen molar-refractivity contribution in [2.24, 2.45) is 0 Å². The third kappa shape index (κ3) is 4.39. The first kappa shape index (κ1) is 20.5. The number of hydrogen-bond donors (Lipinski definition) is 1. The molecule has 0 fully saturated rings. The molecule has 0 saturated heterocycles. The van der Waals surface area contributed by atoms with Gasteiger partial charge in [0.25, 0.3) is 0 Å². The lowest BCUT2D eigenvalue weighted by Gasteiger charge is -2.11. The first-order valence-electron chi connectivity index (χ1n) is 9.11. The number of fused-ring (bicyclic) bond motifs is 1. The van der Waals surface area contributed by atoms with Gasteiger partial charge in [-0.25, -0.2) is 9.97 Å². The Morgan fingerprint density at radius 3 is 2.70 bits per heavy atom. The van der Waals surface area contributed by atoms with Crippen molar-refractivity contribution in [1.82, 2.24) is 19.9 Å². The van der Waals surface area contributed by atoms with Crippen molar-refractivity contribution in [3.8, 4) is 10.6 Å². The average Bonchev–Trinajstić information content (AvgIpc) is 3.40.